The van der Waals surface area contributed by atoms with E-state index in [9.17, 15) is 4.79 Å². The molecule has 12 heavy (non-hydrogen) atoms. The largest absolute Gasteiger partial charge is 0.350 e. The van der Waals surface area contributed by atoms with E-state index in [-0.39, 0.29) is 11.9 Å². The lowest BCUT2D eigenvalue weighted by Gasteiger charge is -2.12. The van der Waals surface area contributed by atoms with E-state index >= 15 is 0 Å². The summed E-state index contributed by atoms with van der Waals surface area (Å²) in [6.45, 7) is 10.6. The summed E-state index contributed by atoms with van der Waals surface area (Å²) in [5.41, 5.74) is 0.959. The molecule has 0 radical (unpaired) electrons. The highest BCUT2D eigenvalue weighted by molar-refractivity contribution is 5.73. The molecule has 2 nitrogen and oxygen atoms in total. The van der Waals surface area contributed by atoms with Crippen LogP contribution in [-0.2, 0) is 4.79 Å². The average molecular weight is 165 g/mol. The van der Waals surface area contributed by atoms with Crippen molar-refractivity contribution in [3.05, 3.63) is 37.0 Å². The minimum Gasteiger partial charge on any atom is -0.350 e. The van der Waals surface area contributed by atoms with Crippen LogP contribution >= 0.6 is 0 Å². The summed E-state index contributed by atoms with van der Waals surface area (Å²) in [6, 6.07) is -0.00185. The molecule has 0 aromatic heterocycles. The predicted molar refractivity (Wildman–Crippen MR) is 51.8 cm³/mol. The first-order chi connectivity index (χ1) is 5.61. The highest BCUT2D eigenvalue weighted by Gasteiger charge is 2.04. The molecular weight excluding hydrogens is 150 g/mol. The van der Waals surface area contributed by atoms with Crippen molar-refractivity contribution in [2.24, 2.45) is 0 Å². The Morgan fingerprint density at radius 1 is 1.50 bits per heavy atom. The van der Waals surface area contributed by atoms with Crippen molar-refractivity contribution in [2.45, 2.75) is 19.9 Å². The van der Waals surface area contributed by atoms with Crippen molar-refractivity contribution in [1.29, 1.82) is 0 Å². The summed E-state index contributed by atoms with van der Waals surface area (Å²) < 4.78 is 0. The number of hydrogen-bond acceptors (Lipinski definition) is 1. The van der Waals surface area contributed by atoms with Crippen molar-refractivity contribution in [1.82, 2.24) is 5.32 Å². The Labute approximate surface area is 73.7 Å². The fourth-order valence-electron chi connectivity index (χ4n) is 0.913. The normalized spacial score (nSPS) is 13.3. The standard InChI is InChI=1S/C10H15NO/c1-5-7-10(6-2)8(3)11-9(4)12/h5-8H,1-2H2,3-4H3,(H,11,12)/b10-7+. The van der Waals surface area contributed by atoms with Gasteiger partial charge in [0.25, 0.3) is 0 Å². The van der Waals surface area contributed by atoms with Gasteiger partial charge in [0.05, 0.1) is 6.04 Å². The third kappa shape index (κ3) is 3.76. The van der Waals surface area contributed by atoms with Gasteiger partial charge in [0.1, 0.15) is 0 Å². The van der Waals surface area contributed by atoms with Crippen LogP contribution in [0.3, 0.4) is 0 Å². The maximum Gasteiger partial charge on any atom is 0.217 e. The van der Waals surface area contributed by atoms with Crippen LogP contribution in [-0.4, -0.2) is 11.9 Å². The number of nitrogens with one attached hydrogen (secondary N) is 1. The molecular formula is C10H15NO. The quantitative estimate of drug-likeness (QED) is 0.632. The molecule has 0 aliphatic carbocycles. The van der Waals surface area contributed by atoms with Crippen LogP contribution in [0.1, 0.15) is 13.8 Å². The molecule has 0 aromatic carbocycles. The molecule has 0 rings (SSSR count). The van der Waals surface area contributed by atoms with E-state index in [0.717, 1.165) is 5.57 Å². The highest BCUT2D eigenvalue weighted by Crippen LogP contribution is 2.02. The second-order valence-electron chi connectivity index (χ2n) is 2.53. The Morgan fingerprint density at radius 2 is 2.08 bits per heavy atom. The Morgan fingerprint density at radius 3 is 2.42 bits per heavy atom. The molecule has 66 valence electrons. The zero-order valence-corrected chi connectivity index (χ0v) is 7.63. The molecule has 0 aliphatic rings. The molecule has 0 spiro atoms. The summed E-state index contributed by atoms with van der Waals surface area (Å²) in [6.07, 6.45) is 5.21. The summed E-state index contributed by atoms with van der Waals surface area (Å²) in [7, 11) is 0. The van der Waals surface area contributed by atoms with Crippen molar-refractivity contribution in [3.63, 3.8) is 0 Å². The van der Waals surface area contributed by atoms with Gasteiger partial charge < -0.3 is 5.32 Å². The minimum absolute atomic E-state index is 0.00185. The number of allylic oxidation sites excluding steroid dienone is 2. The fraction of sp³-hybridized carbons (Fsp3) is 0.300. The smallest absolute Gasteiger partial charge is 0.217 e. The molecule has 0 heterocycles. The Hall–Kier alpha value is -1.31. The monoisotopic (exact) mass is 165 g/mol. The molecule has 1 amide bonds. The van der Waals surface area contributed by atoms with Gasteiger partial charge >= 0.3 is 0 Å². The molecule has 0 saturated carbocycles. The number of carbonyl (C=O) groups excluding carboxylic acids is 1. The molecule has 1 atom stereocenters. The third-order valence-electron chi connectivity index (χ3n) is 1.47. The molecule has 0 saturated heterocycles. The van der Waals surface area contributed by atoms with Crippen LogP contribution < -0.4 is 5.32 Å². The van der Waals surface area contributed by atoms with E-state index in [1.807, 2.05) is 13.0 Å². The maximum absolute atomic E-state index is 10.7. The van der Waals surface area contributed by atoms with E-state index in [1.165, 1.54) is 6.92 Å². The minimum atomic E-state index is -0.0423. The van der Waals surface area contributed by atoms with Crippen molar-refractivity contribution < 1.29 is 4.79 Å². The topological polar surface area (TPSA) is 29.1 Å². The van der Waals surface area contributed by atoms with Crippen LogP contribution in [0.4, 0.5) is 0 Å². The van der Waals surface area contributed by atoms with Gasteiger partial charge in [0, 0.05) is 6.92 Å². The van der Waals surface area contributed by atoms with Gasteiger partial charge in [0.2, 0.25) is 5.91 Å². The predicted octanol–water partition coefficient (Wildman–Crippen LogP) is 1.81. The Kier molecular flexibility index (Phi) is 4.77. The molecule has 0 aromatic rings. The number of hydrogen-bond donors (Lipinski definition) is 1. The van der Waals surface area contributed by atoms with Crippen molar-refractivity contribution >= 4 is 5.91 Å². The van der Waals surface area contributed by atoms with Crippen molar-refractivity contribution in [2.75, 3.05) is 0 Å². The summed E-state index contributed by atoms with van der Waals surface area (Å²) in [5, 5.41) is 2.75. The molecule has 1 unspecified atom stereocenters. The van der Waals surface area contributed by atoms with E-state index in [4.69, 9.17) is 0 Å². The van der Waals surface area contributed by atoms with Crippen LogP contribution in [0.25, 0.3) is 0 Å². The number of carbonyl (C=O) groups is 1. The van der Waals surface area contributed by atoms with E-state index in [1.54, 1.807) is 12.2 Å². The third-order valence-corrected chi connectivity index (χ3v) is 1.47. The number of rotatable bonds is 4. The lowest BCUT2D eigenvalue weighted by atomic mass is 10.1. The van der Waals surface area contributed by atoms with Crippen LogP contribution in [0.5, 0.6) is 0 Å². The van der Waals surface area contributed by atoms with Gasteiger partial charge in [-0.15, -0.1) is 0 Å². The van der Waals surface area contributed by atoms with E-state index in [0.29, 0.717) is 0 Å². The van der Waals surface area contributed by atoms with Crippen molar-refractivity contribution in [3.8, 4) is 0 Å². The van der Waals surface area contributed by atoms with Crippen LogP contribution in [0, 0.1) is 0 Å². The lowest BCUT2D eigenvalue weighted by Crippen LogP contribution is -2.31. The van der Waals surface area contributed by atoms with Gasteiger partial charge in [-0.05, 0) is 12.5 Å². The van der Waals surface area contributed by atoms with Gasteiger partial charge in [-0.3, -0.25) is 4.79 Å². The van der Waals surface area contributed by atoms with Gasteiger partial charge in [-0.2, -0.15) is 0 Å². The fourth-order valence-corrected chi connectivity index (χ4v) is 0.913. The maximum atomic E-state index is 10.7. The second kappa shape index (κ2) is 5.35. The zero-order valence-electron chi connectivity index (χ0n) is 7.63. The molecule has 0 bridgehead atoms. The van der Waals surface area contributed by atoms with E-state index < -0.39 is 0 Å². The first-order valence-electron chi connectivity index (χ1n) is 3.84. The first kappa shape index (κ1) is 10.7. The second-order valence-corrected chi connectivity index (χ2v) is 2.53. The summed E-state index contributed by atoms with van der Waals surface area (Å²) in [4.78, 5) is 10.7. The zero-order chi connectivity index (χ0) is 9.56. The van der Waals surface area contributed by atoms with Gasteiger partial charge in [-0.25, -0.2) is 0 Å². The molecule has 0 fully saturated rings. The summed E-state index contributed by atoms with van der Waals surface area (Å²) >= 11 is 0. The highest BCUT2D eigenvalue weighted by atomic mass is 16.1. The van der Waals surface area contributed by atoms with Crippen LogP contribution in [0.2, 0.25) is 0 Å². The van der Waals surface area contributed by atoms with Crippen LogP contribution in [0.15, 0.2) is 37.0 Å². The Balaban J connectivity index is 4.31. The summed E-state index contributed by atoms with van der Waals surface area (Å²) in [5.74, 6) is -0.0423. The first-order valence-corrected chi connectivity index (χ1v) is 3.84. The number of amides is 1. The molecule has 2 heteroatoms. The van der Waals surface area contributed by atoms with Gasteiger partial charge in [0.15, 0.2) is 0 Å². The average Bonchev–Trinajstić information content (AvgIpc) is 1.98. The lowest BCUT2D eigenvalue weighted by molar-refractivity contribution is -0.119. The SMILES string of the molecule is C=C/C=C(\C=C)C(C)NC(C)=O. The Bertz CT molecular complexity index is 216. The van der Waals surface area contributed by atoms with Gasteiger partial charge in [-0.1, -0.05) is 31.4 Å². The molecule has 0 aliphatic heterocycles. The van der Waals surface area contributed by atoms with E-state index in [2.05, 4.69) is 18.5 Å². The molecule has 1 N–H and O–H groups in total.